The first-order valence-electron chi connectivity index (χ1n) is 9.23. The Balaban J connectivity index is 1.62. The van der Waals surface area contributed by atoms with E-state index < -0.39 is 0 Å². The molecular formula is C23H20N4O2. The van der Waals surface area contributed by atoms with Gasteiger partial charge in [0.15, 0.2) is 0 Å². The summed E-state index contributed by atoms with van der Waals surface area (Å²) in [6.07, 6.45) is 0. The molecule has 0 aliphatic carbocycles. The number of carbonyl (C=O) groups excluding carboxylic acids is 1. The lowest BCUT2D eigenvalue weighted by molar-refractivity contribution is 0.0940. The summed E-state index contributed by atoms with van der Waals surface area (Å²) in [5, 5.41) is 7.00. The predicted molar refractivity (Wildman–Crippen MR) is 113 cm³/mol. The molecule has 0 atom stereocenters. The SMILES string of the molecule is COc1ccccc1CNC(=O)c1nc(Nc2ccccc2)c2ccccc2n1. The predicted octanol–water partition coefficient (Wildman–Crippen LogP) is 4.31. The standard InChI is InChI=1S/C23H20N4O2/c1-29-20-14-8-5-9-16(20)15-24-23(28)22-26-19-13-7-6-12-18(19)21(27-22)25-17-10-3-2-4-11-17/h2-14H,15H2,1H3,(H,24,28)(H,25,26,27). The van der Waals surface area contributed by atoms with Gasteiger partial charge in [-0.15, -0.1) is 0 Å². The van der Waals surface area contributed by atoms with Crippen molar-refractivity contribution in [1.82, 2.24) is 15.3 Å². The lowest BCUT2D eigenvalue weighted by Gasteiger charge is -2.12. The van der Waals surface area contributed by atoms with Gasteiger partial charge >= 0.3 is 0 Å². The third-order valence-electron chi connectivity index (χ3n) is 4.47. The molecule has 0 aliphatic rings. The van der Waals surface area contributed by atoms with Gasteiger partial charge in [-0.2, -0.15) is 0 Å². The Morgan fingerprint density at radius 3 is 2.45 bits per heavy atom. The summed E-state index contributed by atoms with van der Waals surface area (Å²) >= 11 is 0. The minimum Gasteiger partial charge on any atom is -0.496 e. The van der Waals surface area contributed by atoms with Crippen molar-refractivity contribution in [3.8, 4) is 5.75 Å². The molecule has 4 aromatic rings. The van der Waals surface area contributed by atoms with Crippen molar-refractivity contribution in [3.05, 3.63) is 90.3 Å². The number of rotatable bonds is 6. The van der Waals surface area contributed by atoms with Crippen LogP contribution in [0.25, 0.3) is 10.9 Å². The molecule has 6 nitrogen and oxygen atoms in total. The van der Waals surface area contributed by atoms with Crippen LogP contribution in [0.4, 0.5) is 11.5 Å². The highest BCUT2D eigenvalue weighted by molar-refractivity contribution is 5.97. The second kappa shape index (κ2) is 8.39. The quantitative estimate of drug-likeness (QED) is 0.518. The third kappa shape index (κ3) is 4.16. The fraction of sp³-hybridized carbons (Fsp3) is 0.0870. The van der Waals surface area contributed by atoms with Crippen LogP contribution in [0.3, 0.4) is 0 Å². The Hall–Kier alpha value is -3.93. The highest BCUT2D eigenvalue weighted by Crippen LogP contribution is 2.24. The summed E-state index contributed by atoms with van der Waals surface area (Å²) in [6.45, 7) is 0.320. The first-order valence-corrected chi connectivity index (χ1v) is 9.23. The van der Waals surface area contributed by atoms with E-state index in [4.69, 9.17) is 4.74 Å². The summed E-state index contributed by atoms with van der Waals surface area (Å²) in [6, 6.07) is 24.9. The van der Waals surface area contributed by atoms with E-state index in [-0.39, 0.29) is 11.7 Å². The van der Waals surface area contributed by atoms with Gasteiger partial charge in [0.1, 0.15) is 11.6 Å². The fourth-order valence-electron chi connectivity index (χ4n) is 3.04. The third-order valence-corrected chi connectivity index (χ3v) is 4.47. The van der Waals surface area contributed by atoms with Gasteiger partial charge in [0.25, 0.3) is 5.91 Å². The molecule has 6 heteroatoms. The number of aromatic nitrogens is 2. The lowest BCUT2D eigenvalue weighted by atomic mass is 10.2. The number of amides is 1. The van der Waals surface area contributed by atoms with Gasteiger partial charge in [-0.1, -0.05) is 48.5 Å². The molecule has 1 aromatic heterocycles. The van der Waals surface area contributed by atoms with Crippen LogP contribution >= 0.6 is 0 Å². The highest BCUT2D eigenvalue weighted by Gasteiger charge is 2.15. The van der Waals surface area contributed by atoms with E-state index in [1.165, 1.54) is 0 Å². The van der Waals surface area contributed by atoms with E-state index in [2.05, 4.69) is 20.6 Å². The second-order valence-corrected chi connectivity index (χ2v) is 6.40. The van der Waals surface area contributed by atoms with Crippen LogP contribution < -0.4 is 15.4 Å². The lowest BCUT2D eigenvalue weighted by Crippen LogP contribution is -2.25. The van der Waals surface area contributed by atoms with E-state index in [1.54, 1.807) is 7.11 Å². The zero-order valence-electron chi connectivity index (χ0n) is 15.9. The summed E-state index contributed by atoms with van der Waals surface area (Å²) in [5.41, 5.74) is 2.46. The fourth-order valence-corrected chi connectivity index (χ4v) is 3.04. The molecule has 1 amide bonds. The van der Waals surface area contributed by atoms with E-state index in [9.17, 15) is 4.79 Å². The molecule has 4 rings (SSSR count). The van der Waals surface area contributed by atoms with Crippen molar-refractivity contribution < 1.29 is 9.53 Å². The summed E-state index contributed by atoms with van der Waals surface area (Å²) in [7, 11) is 1.61. The number of carbonyl (C=O) groups is 1. The molecule has 144 valence electrons. The maximum atomic E-state index is 12.8. The van der Waals surface area contributed by atoms with E-state index in [1.807, 2.05) is 78.9 Å². The molecule has 0 aliphatic heterocycles. The normalized spacial score (nSPS) is 10.5. The minimum atomic E-state index is -0.349. The zero-order valence-corrected chi connectivity index (χ0v) is 15.9. The van der Waals surface area contributed by atoms with Crippen LogP contribution in [0.5, 0.6) is 5.75 Å². The molecule has 0 saturated heterocycles. The van der Waals surface area contributed by atoms with Gasteiger partial charge in [-0.05, 0) is 30.3 Å². The average Bonchev–Trinajstić information content (AvgIpc) is 2.78. The van der Waals surface area contributed by atoms with Crippen LogP contribution in [-0.4, -0.2) is 23.0 Å². The van der Waals surface area contributed by atoms with Crippen molar-refractivity contribution in [2.75, 3.05) is 12.4 Å². The van der Waals surface area contributed by atoms with Gasteiger partial charge in [0, 0.05) is 23.2 Å². The van der Waals surface area contributed by atoms with Gasteiger partial charge < -0.3 is 15.4 Å². The van der Waals surface area contributed by atoms with Gasteiger partial charge in [-0.25, -0.2) is 9.97 Å². The topological polar surface area (TPSA) is 76.1 Å². The summed E-state index contributed by atoms with van der Waals surface area (Å²) in [5.74, 6) is 1.07. The number of methoxy groups -OCH3 is 1. The van der Waals surface area contributed by atoms with Crippen LogP contribution in [0.15, 0.2) is 78.9 Å². The molecule has 0 saturated carbocycles. The van der Waals surface area contributed by atoms with Crippen molar-refractivity contribution in [2.24, 2.45) is 0 Å². The number of benzene rings is 3. The summed E-state index contributed by atoms with van der Waals surface area (Å²) in [4.78, 5) is 21.7. The van der Waals surface area contributed by atoms with Crippen LogP contribution in [-0.2, 0) is 6.54 Å². The van der Waals surface area contributed by atoms with Crippen molar-refractivity contribution >= 4 is 28.3 Å². The number of nitrogens with one attached hydrogen (secondary N) is 2. The minimum absolute atomic E-state index is 0.108. The number of fused-ring (bicyclic) bond motifs is 1. The van der Waals surface area contributed by atoms with Gasteiger partial charge in [0.2, 0.25) is 5.82 Å². The van der Waals surface area contributed by atoms with Crippen LogP contribution in [0, 0.1) is 0 Å². The van der Waals surface area contributed by atoms with Crippen molar-refractivity contribution in [3.63, 3.8) is 0 Å². The zero-order chi connectivity index (χ0) is 20.1. The maximum absolute atomic E-state index is 12.8. The van der Waals surface area contributed by atoms with E-state index >= 15 is 0 Å². The Kier molecular flexibility index (Phi) is 5.33. The molecule has 0 unspecified atom stereocenters. The van der Waals surface area contributed by atoms with E-state index in [0.717, 1.165) is 22.4 Å². The molecule has 2 N–H and O–H groups in total. The Bertz CT molecular complexity index is 1150. The largest absolute Gasteiger partial charge is 0.496 e. The van der Waals surface area contributed by atoms with Crippen LogP contribution in [0.1, 0.15) is 16.2 Å². The van der Waals surface area contributed by atoms with Crippen LogP contribution in [0.2, 0.25) is 0 Å². The number of nitrogens with zero attached hydrogens (tertiary/aromatic N) is 2. The smallest absolute Gasteiger partial charge is 0.289 e. The maximum Gasteiger partial charge on any atom is 0.289 e. The first kappa shape index (κ1) is 18.4. The number of para-hydroxylation sites is 3. The van der Waals surface area contributed by atoms with Crippen molar-refractivity contribution in [2.45, 2.75) is 6.54 Å². The van der Waals surface area contributed by atoms with Gasteiger partial charge in [-0.3, -0.25) is 4.79 Å². The Labute approximate surface area is 168 Å². The Morgan fingerprint density at radius 2 is 1.62 bits per heavy atom. The molecule has 3 aromatic carbocycles. The molecular weight excluding hydrogens is 364 g/mol. The first-order chi connectivity index (χ1) is 14.2. The monoisotopic (exact) mass is 384 g/mol. The molecule has 0 radical (unpaired) electrons. The summed E-state index contributed by atoms with van der Waals surface area (Å²) < 4.78 is 5.33. The second-order valence-electron chi connectivity index (χ2n) is 6.40. The van der Waals surface area contributed by atoms with Gasteiger partial charge in [0.05, 0.1) is 12.6 Å². The number of hydrogen-bond acceptors (Lipinski definition) is 5. The Morgan fingerprint density at radius 1 is 0.897 bits per heavy atom. The van der Waals surface area contributed by atoms with Crippen molar-refractivity contribution in [1.29, 1.82) is 0 Å². The highest BCUT2D eigenvalue weighted by atomic mass is 16.5. The molecule has 1 heterocycles. The number of anilines is 2. The number of ether oxygens (including phenoxy) is 1. The molecule has 0 fully saturated rings. The molecule has 29 heavy (non-hydrogen) atoms. The molecule has 0 bridgehead atoms. The molecule has 0 spiro atoms. The number of hydrogen-bond donors (Lipinski definition) is 2. The average molecular weight is 384 g/mol. The van der Waals surface area contributed by atoms with E-state index in [0.29, 0.717) is 17.9 Å².